The predicted octanol–water partition coefficient (Wildman–Crippen LogP) is 10.1. The van der Waals surface area contributed by atoms with Gasteiger partial charge in [0.05, 0.1) is 12.2 Å². The van der Waals surface area contributed by atoms with Crippen LogP contribution in [0.4, 0.5) is 13.2 Å². The van der Waals surface area contributed by atoms with Crippen LogP contribution in [-0.4, -0.2) is 45.6 Å². The lowest BCUT2D eigenvalue weighted by atomic mass is 9.63. The fraction of sp³-hybridized carbons (Fsp3) is 0.647. The first kappa shape index (κ1) is 33.4. The number of rotatable bonds is 12. The Bertz CT molecular complexity index is 1110. The number of alkyl halides is 3. The largest absolute Gasteiger partial charge is 0.493 e. The highest BCUT2D eigenvalue weighted by Crippen LogP contribution is 2.47. The minimum atomic E-state index is -4.36. The first-order valence-electron chi connectivity index (χ1n) is 15.7. The Kier molecular flexibility index (Phi) is 10.8. The third-order valence-electron chi connectivity index (χ3n) is 10.2. The van der Waals surface area contributed by atoms with Gasteiger partial charge in [0.1, 0.15) is 5.75 Å². The fourth-order valence-electron chi connectivity index (χ4n) is 7.85. The van der Waals surface area contributed by atoms with Gasteiger partial charge in [0.2, 0.25) is 0 Å². The summed E-state index contributed by atoms with van der Waals surface area (Å²) < 4.78 is 52.7. The molecule has 1 aliphatic heterocycles. The van der Waals surface area contributed by atoms with E-state index < -0.39 is 20.1 Å². The maximum atomic E-state index is 13.1. The molecule has 0 bridgehead atoms. The summed E-state index contributed by atoms with van der Waals surface area (Å²) in [4.78, 5) is 2.65. The summed E-state index contributed by atoms with van der Waals surface area (Å²) in [5.41, 5.74) is 2.28. The van der Waals surface area contributed by atoms with Crippen LogP contribution in [0.5, 0.6) is 5.75 Å². The van der Waals surface area contributed by atoms with Crippen molar-refractivity contribution in [2.45, 2.75) is 108 Å². The van der Waals surface area contributed by atoms with Crippen LogP contribution in [0.2, 0.25) is 21.6 Å². The molecule has 2 fully saturated rings. The van der Waals surface area contributed by atoms with E-state index in [1.807, 2.05) is 12.1 Å². The minimum Gasteiger partial charge on any atom is -0.493 e. The van der Waals surface area contributed by atoms with Crippen molar-refractivity contribution in [1.82, 2.24) is 4.90 Å². The van der Waals surface area contributed by atoms with E-state index in [-0.39, 0.29) is 17.4 Å². The molecular formula is C34H49ClF3NO2Si. The molecule has 42 heavy (non-hydrogen) atoms. The first-order chi connectivity index (χ1) is 19.8. The van der Waals surface area contributed by atoms with Gasteiger partial charge in [-0.1, -0.05) is 71.7 Å². The second kappa shape index (κ2) is 13.6. The second-order valence-corrected chi connectivity index (χ2v) is 19.4. The molecule has 3 nitrogen and oxygen atoms in total. The Morgan fingerprint density at radius 2 is 1.48 bits per heavy atom. The summed E-state index contributed by atoms with van der Waals surface area (Å²) >= 11 is 6.24. The molecule has 0 spiro atoms. The lowest BCUT2D eigenvalue weighted by Gasteiger charge is -2.51. The van der Waals surface area contributed by atoms with Crippen molar-refractivity contribution in [3.05, 3.63) is 64.7 Å². The van der Waals surface area contributed by atoms with Crippen molar-refractivity contribution < 1.29 is 22.3 Å². The van der Waals surface area contributed by atoms with Crippen molar-refractivity contribution in [2.24, 2.45) is 5.92 Å². The van der Waals surface area contributed by atoms with Crippen LogP contribution in [0.1, 0.15) is 84.8 Å². The molecule has 1 saturated carbocycles. The van der Waals surface area contributed by atoms with Gasteiger partial charge in [-0.2, -0.15) is 13.2 Å². The maximum absolute atomic E-state index is 13.1. The number of hydrogen-bond acceptors (Lipinski definition) is 3. The highest BCUT2D eigenvalue weighted by Gasteiger charge is 2.48. The molecule has 0 N–H and O–H groups in total. The minimum absolute atomic E-state index is 0.113. The molecule has 2 aliphatic rings. The molecule has 1 aliphatic carbocycles. The van der Waals surface area contributed by atoms with E-state index >= 15 is 0 Å². The lowest BCUT2D eigenvalue weighted by Crippen LogP contribution is -2.58. The fourth-order valence-corrected chi connectivity index (χ4v) is 13.4. The molecule has 2 aromatic rings. The monoisotopic (exact) mass is 623 g/mol. The zero-order chi connectivity index (χ0) is 30.7. The Morgan fingerprint density at radius 1 is 0.881 bits per heavy atom. The summed E-state index contributed by atoms with van der Waals surface area (Å²) in [5.74, 6) is 0.702. The van der Waals surface area contributed by atoms with Crippen LogP contribution in [-0.2, 0) is 16.0 Å². The molecule has 0 amide bonds. The highest BCUT2D eigenvalue weighted by molar-refractivity contribution is 6.77. The average Bonchev–Trinajstić information content (AvgIpc) is 2.90. The van der Waals surface area contributed by atoms with Gasteiger partial charge in [-0.05, 0) is 90.8 Å². The van der Waals surface area contributed by atoms with Crippen molar-refractivity contribution in [1.29, 1.82) is 0 Å². The number of hydrogen-bond donors (Lipinski definition) is 0. The van der Waals surface area contributed by atoms with Crippen molar-refractivity contribution >= 4 is 19.9 Å². The molecule has 2 aromatic carbocycles. The number of benzene rings is 2. The molecule has 4 rings (SSSR count). The third-order valence-corrected chi connectivity index (χ3v) is 16.5. The molecule has 1 saturated heterocycles. The van der Waals surface area contributed by atoms with E-state index in [1.54, 1.807) is 0 Å². The molecule has 0 aromatic heterocycles. The smallest absolute Gasteiger partial charge is 0.416 e. The second-order valence-electron chi connectivity index (χ2n) is 13.5. The summed E-state index contributed by atoms with van der Waals surface area (Å²) in [6, 6.07) is 13.6. The SMILES string of the molecule is CC(C)[Si](OC[C@@H]1[C@H](COc2ccc(C(F)(F)F)cc2)CCCN1CC1(c2ccc(Cl)cc2)CCC1)(C(C)C)C(C)C. The van der Waals surface area contributed by atoms with Gasteiger partial charge in [-0.3, -0.25) is 4.90 Å². The topological polar surface area (TPSA) is 21.7 Å². The molecule has 0 unspecified atom stereocenters. The van der Waals surface area contributed by atoms with Gasteiger partial charge < -0.3 is 9.16 Å². The van der Waals surface area contributed by atoms with Crippen LogP contribution in [0, 0.1) is 5.92 Å². The summed E-state index contributed by atoms with van der Waals surface area (Å²) in [7, 11) is -2.09. The number of nitrogens with zero attached hydrogens (tertiary/aromatic N) is 1. The highest BCUT2D eigenvalue weighted by atomic mass is 35.5. The lowest BCUT2D eigenvalue weighted by molar-refractivity contribution is -0.137. The van der Waals surface area contributed by atoms with E-state index in [2.05, 4.69) is 58.6 Å². The van der Waals surface area contributed by atoms with Crippen LogP contribution in [0.25, 0.3) is 0 Å². The van der Waals surface area contributed by atoms with Gasteiger partial charge in [0.25, 0.3) is 0 Å². The molecule has 234 valence electrons. The van der Waals surface area contributed by atoms with Gasteiger partial charge in [0, 0.05) is 35.5 Å². The number of halogens is 4. The van der Waals surface area contributed by atoms with Crippen molar-refractivity contribution in [3.63, 3.8) is 0 Å². The van der Waals surface area contributed by atoms with Crippen LogP contribution in [0.15, 0.2) is 48.5 Å². The van der Waals surface area contributed by atoms with Crippen molar-refractivity contribution in [2.75, 3.05) is 26.3 Å². The normalized spacial score (nSPS) is 21.6. The Labute approximate surface area is 257 Å². The number of likely N-dealkylation sites (tertiary alicyclic amines) is 1. The maximum Gasteiger partial charge on any atom is 0.416 e. The average molecular weight is 624 g/mol. The summed E-state index contributed by atoms with van der Waals surface area (Å²) in [6.07, 6.45) is 1.27. The van der Waals surface area contributed by atoms with Gasteiger partial charge in [0.15, 0.2) is 8.32 Å². The zero-order valence-corrected chi connectivity index (χ0v) is 27.9. The van der Waals surface area contributed by atoms with Crippen LogP contribution >= 0.6 is 11.6 Å². The Hall–Kier alpha value is -1.54. The molecule has 1 heterocycles. The quantitative estimate of drug-likeness (QED) is 0.220. The van der Waals surface area contributed by atoms with Crippen LogP contribution < -0.4 is 4.74 Å². The summed E-state index contributed by atoms with van der Waals surface area (Å²) in [5, 5.41) is 0.760. The van der Waals surface area contributed by atoms with E-state index in [1.165, 1.54) is 24.1 Å². The number of ether oxygens (including phenoxy) is 1. The predicted molar refractivity (Wildman–Crippen MR) is 169 cm³/mol. The first-order valence-corrected chi connectivity index (χ1v) is 18.2. The standard InChI is InChI=1S/C34H49ClF3NO2Si/c1-24(2)42(25(3)4,26(5)6)41-22-32-27(21-40-31-16-12-29(13-17-31)34(36,37)38)9-7-20-39(32)23-33(18-8-19-33)28-10-14-30(35)15-11-28/h10-17,24-27,32H,7-9,18-23H2,1-6H3/t27-,32+/m0/s1. The van der Waals surface area contributed by atoms with Gasteiger partial charge in [-0.25, -0.2) is 0 Å². The van der Waals surface area contributed by atoms with E-state index in [9.17, 15) is 13.2 Å². The molecular weight excluding hydrogens is 575 g/mol. The van der Waals surface area contributed by atoms with E-state index in [0.29, 0.717) is 35.6 Å². The molecule has 8 heteroatoms. The van der Waals surface area contributed by atoms with E-state index in [4.69, 9.17) is 20.8 Å². The van der Waals surface area contributed by atoms with Gasteiger partial charge in [-0.15, -0.1) is 0 Å². The molecule has 0 radical (unpaired) electrons. The Morgan fingerprint density at radius 3 is 1.98 bits per heavy atom. The molecule has 2 atom stereocenters. The van der Waals surface area contributed by atoms with Crippen LogP contribution in [0.3, 0.4) is 0 Å². The third kappa shape index (κ3) is 7.22. The van der Waals surface area contributed by atoms with Crippen molar-refractivity contribution in [3.8, 4) is 5.75 Å². The Balaban J connectivity index is 1.58. The summed E-state index contributed by atoms with van der Waals surface area (Å²) in [6.45, 7) is 17.0. The van der Waals surface area contributed by atoms with Gasteiger partial charge >= 0.3 is 6.18 Å². The number of piperidine rings is 1. The van der Waals surface area contributed by atoms with E-state index in [0.717, 1.165) is 55.9 Å². The zero-order valence-electron chi connectivity index (χ0n) is 26.1.